The Bertz CT molecular complexity index is 595. The van der Waals surface area contributed by atoms with Crippen molar-refractivity contribution < 1.29 is 4.52 Å². The highest BCUT2D eigenvalue weighted by Gasteiger charge is 2.40. The van der Waals surface area contributed by atoms with Gasteiger partial charge in [0.1, 0.15) is 0 Å². The lowest BCUT2D eigenvalue weighted by Crippen LogP contribution is -2.45. The van der Waals surface area contributed by atoms with Crippen molar-refractivity contribution in [2.45, 2.75) is 44.1 Å². The molecule has 20 heavy (non-hydrogen) atoms. The average molecular weight is 336 g/mol. The molecule has 0 bridgehead atoms. The number of nitrogens with zero attached hydrogens (tertiary/aromatic N) is 2. The molecule has 2 unspecified atom stereocenters. The van der Waals surface area contributed by atoms with Crippen molar-refractivity contribution in [3.8, 4) is 11.4 Å². The number of aromatic nitrogens is 2. The van der Waals surface area contributed by atoms with Crippen molar-refractivity contribution in [2.24, 2.45) is 5.73 Å². The van der Waals surface area contributed by atoms with Gasteiger partial charge < -0.3 is 10.3 Å². The lowest BCUT2D eigenvalue weighted by Gasteiger charge is -2.35. The minimum Gasteiger partial charge on any atom is -0.338 e. The van der Waals surface area contributed by atoms with Crippen LogP contribution in [0, 0.1) is 0 Å². The predicted octanol–water partition coefficient (Wildman–Crippen LogP) is 3.66. The van der Waals surface area contributed by atoms with Gasteiger partial charge in [-0.3, -0.25) is 0 Å². The van der Waals surface area contributed by atoms with Crippen LogP contribution < -0.4 is 5.73 Å². The molecule has 1 saturated carbocycles. The van der Waals surface area contributed by atoms with Gasteiger partial charge in [-0.1, -0.05) is 33.9 Å². The lowest BCUT2D eigenvalue weighted by atomic mass is 9.72. The molecule has 3 rings (SSSR count). The number of nitrogens with two attached hydrogens (primary N) is 1. The summed E-state index contributed by atoms with van der Waals surface area (Å²) >= 11 is 3.42. The Morgan fingerprint density at radius 3 is 2.75 bits per heavy atom. The molecule has 0 radical (unpaired) electrons. The number of halogens is 1. The van der Waals surface area contributed by atoms with Crippen LogP contribution in [0.1, 0.15) is 38.5 Å². The van der Waals surface area contributed by atoms with Gasteiger partial charge in [0.05, 0.1) is 5.41 Å². The fourth-order valence-electron chi connectivity index (χ4n) is 2.80. The van der Waals surface area contributed by atoms with Gasteiger partial charge in [0, 0.05) is 16.1 Å². The van der Waals surface area contributed by atoms with Gasteiger partial charge in [-0.15, -0.1) is 0 Å². The molecule has 106 valence electrons. The standard InChI is InChI=1S/C15H18BrN3O/c1-15(9-3-2-4-12(15)17)14-18-13(19-20-14)10-5-7-11(16)8-6-10/h5-8,12H,2-4,9,17H2,1H3. The molecular weight excluding hydrogens is 318 g/mol. The van der Waals surface area contributed by atoms with Crippen LogP contribution in [0.3, 0.4) is 0 Å². The maximum atomic E-state index is 6.28. The minimum atomic E-state index is -0.196. The molecule has 0 aliphatic heterocycles. The maximum Gasteiger partial charge on any atom is 0.234 e. The van der Waals surface area contributed by atoms with E-state index in [4.69, 9.17) is 10.3 Å². The van der Waals surface area contributed by atoms with E-state index in [0.29, 0.717) is 11.7 Å². The van der Waals surface area contributed by atoms with E-state index in [0.717, 1.165) is 22.9 Å². The number of rotatable bonds is 2. The van der Waals surface area contributed by atoms with E-state index >= 15 is 0 Å². The SMILES string of the molecule is CC1(c2nc(-c3ccc(Br)cc3)no2)CCCCC1N. The Kier molecular flexibility index (Phi) is 3.65. The summed E-state index contributed by atoms with van der Waals surface area (Å²) in [5, 5.41) is 4.11. The van der Waals surface area contributed by atoms with Crippen LogP contribution in [0.4, 0.5) is 0 Å². The zero-order valence-electron chi connectivity index (χ0n) is 11.5. The normalized spacial score (nSPS) is 26.6. The third-order valence-corrected chi connectivity index (χ3v) is 4.83. The summed E-state index contributed by atoms with van der Waals surface area (Å²) in [6.45, 7) is 2.13. The summed E-state index contributed by atoms with van der Waals surface area (Å²) in [7, 11) is 0. The summed E-state index contributed by atoms with van der Waals surface area (Å²) in [6, 6.07) is 7.98. The van der Waals surface area contributed by atoms with Crippen molar-refractivity contribution in [1.29, 1.82) is 0 Å². The van der Waals surface area contributed by atoms with Crippen LogP contribution >= 0.6 is 15.9 Å². The summed E-state index contributed by atoms with van der Waals surface area (Å²) in [4.78, 5) is 4.58. The number of benzene rings is 1. The molecule has 1 fully saturated rings. The van der Waals surface area contributed by atoms with E-state index in [9.17, 15) is 0 Å². The van der Waals surface area contributed by atoms with Crippen molar-refractivity contribution in [3.63, 3.8) is 0 Å². The third-order valence-electron chi connectivity index (χ3n) is 4.30. The number of hydrogen-bond acceptors (Lipinski definition) is 4. The molecule has 2 N–H and O–H groups in total. The van der Waals surface area contributed by atoms with E-state index in [1.54, 1.807) is 0 Å². The van der Waals surface area contributed by atoms with Crippen LogP contribution in [0.2, 0.25) is 0 Å². The predicted molar refractivity (Wildman–Crippen MR) is 81.2 cm³/mol. The molecule has 2 atom stereocenters. The van der Waals surface area contributed by atoms with Gasteiger partial charge in [0.15, 0.2) is 0 Å². The van der Waals surface area contributed by atoms with E-state index in [1.807, 2.05) is 24.3 Å². The van der Waals surface area contributed by atoms with Crippen LogP contribution in [-0.4, -0.2) is 16.2 Å². The van der Waals surface area contributed by atoms with Crippen LogP contribution in [-0.2, 0) is 5.41 Å². The summed E-state index contributed by atoms with van der Waals surface area (Å²) in [5.41, 5.74) is 7.04. The second kappa shape index (κ2) is 5.30. The van der Waals surface area contributed by atoms with Crippen LogP contribution in [0.5, 0.6) is 0 Å². The Labute approximate surface area is 126 Å². The highest BCUT2D eigenvalue weighted by Crippen LogP contribution is 2.38. The molecule has 4 nitrogen and oxygen atoms in total. The molecule has 1 aliphatic rings. The summed E-state index contributed by atoms with van der Waals surface area (Å²) < 4.78 is 6.54. The highest BCUT2D eigenvalue weighted by atomic mass is 79.9. The summed E-state index contributed by atoms with van der Waals surface area (Å²) in [6.07, 6.45) is 4.38. The molecule has 1 aromatic carbocycles. The fourth-order valence-corrected chi connectivity index (χ4v) is 3.06. The van der Waals surface area contributed by atoms with Gasteiger partial charge >= 0.3 is 0 Å². The fraction of sp³-hybridized carbons (Fsp3) is 0.467. The third kappa shape index (κ3) is 2.40. The minimum absolute atomic E-state index is 0.0921. The first-order chi connectivity index (χ1) is 9.59. The smallest absolute Gasteiger partial charge is 0.234 e. The van der Waals surface area contributed by atoms with Crippen LogP contribution in [0.15, 0.2) is 33.3 Å². The largest absolute Gasteiger partial charge is 0.338 e. The maximum absolute atomic E-state index is 6.28. The van der Waals surface area contributed by atoms with Gasteiger partial charge in [-0.2, -0.15) is 4.98 Å². The van der Waals surface area contributed by atoms with Crippen molar-refractivity contribution in [3.05, 3.63) is 34.6 Å². The first-order valence-corrected chi connectivity index (χ1v) is 7.74. The first-order valence-electron chi connectivity index (χ1n) is 6.95. The topological polar surface area (TPSA) is 64.9 Å². The Hall–Kier alpha value is -1.20. The van der Waals surface area contributed by atoms with E-state index < -0.39 is 0 Å². The zero-order chi connectivity index (χ0) is 14.2. The van der Waals surface area contributed by atoms with Gasteiger partial charge in [-0.25, -0.2) is 0 Å². The molecule has 1 heterocycles. The quantitative estimate of drug-likeness (QED) is 0.909. The van der Waals surface area contributed by atoms with Crippen LogP contribution in [0.25, 0.3) is 11.4 Å². The molecule has 5 heteroatoms. The summed E-state index contributed by atoms with van der Waals surface area (Å²) in [5.74, 6) is 1.30. The second-order valence-corrected chi connectivity index (χ2v) is 6.62. The average Bonchev–Trinajstić information content (AvgIpc) is 2.93. The zero-order valence-corrected chi connectivity index (χ0v) is 13.1. The second-order valence-electron chi connectivity index (χ2n) is 5.70. The van der Waals surface area contributed by atoms with E-state index in [2.05, 4.69) is 33.0 Å². The molecule has 0 spiro atoms. The molecular formula is C15H18BrN3O. The van der Waals surface area contributed by atoms with Crippen molar-refractivity contribution in [1.82, 2.24) is 10.1 Å². The first kappa shape index (κ1) is 13.8. The molecule has 1 aliphatic carbocycles. The monoisotopic (exact) mass is 335 g/mol. The van der Waals surface area contributed by atoms with E-state index in [1.165, 1.54) is 12.8 Å². The van der Waals surface area contributed by atoms with E-state index in [-0.39, 0.29) is 11.5 Å². The van der Waals surface area contributed by atoms with Gasteiger partial charge in [-0.05, 0) is 44.0 Å². The number of hydrogen-bond donors (Lipinski definition) is 1. The Balaban J connectivity index is 1.91. The molecule has 1 aromatic heterocycles. The van der Waals surface area contributed by atoms with Crippen molar-refractivity contribution >= 4 is 15.9 Å². The highest BCUT2D eigenvalue weighted by molar-refractivity contribution is 9.10. The molecule has 0 amide bonds. The van der Waals surface area contributed by atoms with Gasteiger partial charge in [0.2, 0.25) is 11.7 Å². The molecule has 0 saturated heterocycles. The molecule has 2 aromatic rings. The lowest BCUT2D eigenvalue weighted by molar-refractivity contribution is 0.203. The Morgan fingerprint density at radius 1 is 1.30 bits per heavy atom. The van der Waals surface area contributed by atoms with Gasteiger partial charge in [0.25, 0.3) is 0 Å². The van der Waals surface area contributed by atoms with Crippen molar-refractivity contribution in [2.75, 3.05) is 0 Å². The Morgan fingerprint density at radius 2 is 2.05 bits per heavy atom.